The van der Waals surface area contributed by atoms with Gasteiger partial charge in [0.15, 0.2) is 0 Å². The lowest BCUT2D eigenvalue weighted by molar-refractivity contribution is 0.297. The molecule has 0 bridgehead atoms. The van der Waals surface area contributed by atoms with Gasteiger partial charge in [-0.2, -0.15) is 0 Å². The predicted octanol–water partition coefficient (Wildman–Crippen LogP) is 2.50. The first kappa shape index (κ1) is 11.8. The van der Waals surface area contributed by atoms with Crippen molar-refractivity contribution in [3.8, 4) is 5.75 Å². The third-order valence-corrected chi connectivity index (χ3v) is 2.96. The summed E-state index contributed by atoms with van der Waals surface area (Å²) >= 11 is -2.27. The van der Waals surface area contributed by atoms with Gasteiger partial charge in [-0.15, -0.1) is 0 Å². The standard InChI is InChI=1S/C13H12O3S/c14-17(15)13-9-5-4-8-12(13)16-10-11-6-2-1-3-7-11/h1-9H,10H2,(H,14,15)/p-1. The largest absolute Gasteiger partial charge is 0.768 e. The lowest BCUT2D eigenvalue weighted by atomic mass is 10.2. The molecule has 0 aromatic heterocycles. The van der Waals surface area contributed by atoms with E-state index in [-0.39, 0.29) is 4.90 Å². The minimum atomic E-state index is -2.27. The van der Waals surface area contributed by atoms with Gasteiger partial charge in [0.25, 0.3) is 0 Å². The zero-order valence-corrected chi connectivity index (χ0v) is 9.85. The van der Waals surface area contributed by atoms with Gasteiger partial charge in [0.1, 0.15) is 12.4 Å². The molecule has 0 saturated carbocycles. The quantitative estimate of drug-likeness (QED) is 0.780. The van der Waals surface area contributed by atoms with Crippen LogP contribution in [-0.4, -0.2) is 8.76 Å². The third-order valence-electron chi connectivity index (χ3n) is 2.27. The van der Waals surface area contributed by atoms with E-state index in [9.17, 15) is 8.76 Å². The van der Waals surface area contributed by atoms with E-state index >= 15 is 0 Å². The summed E-state index contributed by atoms with van der Waals surface area (Å²) in [5.41, 5.74) is 0.999. The highest BCUT2D eigenvalue weighted by Crippen LogP contribution is 2.21. The molecule has 0 aliphatic heterocycles. The van der Waals surface area contributed by atoms with Crippen molar-refractivity contribution in [3.05, 3.63) is 60.2 Å². The highest BCUT2D eigenvalue weighted by Gasteiger charge is 2.03. The Labute approximate surface area is 102 Å². The SMILES string of the molecule is O=S([O-])c1ccccc1OCc1ccccc1. The molecule has 17 heavy (non-hydrogen) atoms. The van der Waals surface area contributed by atoms with Gasteiger partial charge in [-0.25, -0.2) is 0 Å². The molecule has 2 aromatic rings. The first-order chi connectivity index (χ1) is 8.27. The Morgan fingerprint density at radius 2 is 1.65 bits per heavy atom. The van der Waals surface area contributed by atoms with E-state index in [2.05, 4.69) is 0 Å². The van der Waals surface area contributed by atoms with E-state index in [1.807, 2.05) is 30.3 Å². The van der Waals surface area contributed by atoms with Gasteiger partial charge in [-0.3, -0.25) is 4.21 Å². The second-order valence-electron chi connectivity index (χ2n) is 3.46. The molecule has 3 nitrogen and oxygen atoms in total. The molecule has 1 atom stereocenters. The normalized spacial score (nSPS) is 12.1. The van der Waals surface area contributed by atoms with E-state index in [1.165, 1.54) is 6.07 Å². The minimum absolute atomic E-state index is 0.184. The van der Waals surface area contributed by atoms with Crippen molar-refractivity contribution in [2.75, 3.05) is 0 Å². The summed E-state index contributed by atoms with van der Waals surface area (Å²) in [6.45, 7) is 0.356. The Morgan fingerprint density at radius 1 is 1.00 bits per heavy atom. The number of hydrogen-bond donors (Lipinski definition) is 0. The molecule has 0 saturated heterocycles. The van der Waals surface area contributed by atoms with Crippen LogP contribution in [0.25, 0.3) is 0 Å². The number of ether oxygens (including phenoxy) is 1. The Balaban J connectivity index is 2.12. The molecule has 1 unspecified atom stereocenters. The number of hydrogen-bond acceptors (Lipinski definition) is 3. The van der Waals surface area contributed by atoms with Crippen molar-refractivity contribution in [1.82, 2.24) is 0 Å². The van der Waals surface area contributed by atoms with Crippen molar-refractivity contribution in [1.29, 1.82) is 0 Å². The van der Waals surface area contributed by atoms with Gasteiger partial charge in [-0.05, 0) is 28.8 Å². The molecule has 4 heteroatoms. The fourth-order valence-corrected chi connectivity index (χ4v) is 1.92. The topological polar surface area (TPSA) is 49.4 Å². The van der Waals surface area contributed by atoms with Crippen molar-refractivity contribution in [2.45, 2.75) is 11.5 Å². The highest BCUT2D eigenvalue weighted by atomic mass is 32.2. The first-order valence-corrected chi connectivity index (χ1v) is 6.20. The molecular weight excluding hydrogens is 236 g/mol. The van der Waals surface area contributed by atoms with Gasteiger partial charge >= 0.3 is 0 Å². The smallest absolute Gasteiger partial charge is 0.134 e. The minimum Gasteiger partial charge on any atom is -0.768 e. The van der Waals surface area contributed by atoms with Crippen LogP contribution in [0.5, 0.6) is 5.75 Å². The van der Waals surface area contributed by atoms with Crippen LogP contribution in [0.1, 0.15) is 5.56 Å². The second-order valence-corrected chi connectivity index (χ2v) is 4.36. The fourth-order valence-electron chi connectivity index (χ4n) is 1.44. The monoisotopic (exact) mass is 247 g/mol. The summed E-state index contributed by atoms with van der Waals surface area (Å²) in [6.07, 6.45) is 0. The van der Waals surface area contributed by atoms with Crippen molar-refractivity contribution in [3.63, 3.8) is 0 Å². The molecule has 88 valence electrons. The van der Waals surface area contributed by atoms with Crippen molar-refractivity contribution >= 4 is 11.1 Å². The lowest BCUT2D eigenvalue weighted by Gasteiger charge is -2.12. The third kappa shape index (κ3) is 3.15. The zero-order valence-electron chi connectivity index (χ0n) is 9.04. The van der Waals surface area contributed by atoms with E-state index in [1.54, 1.807) is 18.2 Å². The maximum atomic E-state index is 11.0. The van der Waals surface area contributed by atoms with Gasteiger partial charge in [0, 0.05) is 0 Å². The van der Waals surface area contributed by atoms with Crippen LogP contribution >= 0.6 is 0 Å². The average molecular weight is 247 g/mol. The first-order valence-electron chi connectivity index (χ1n) is 5.12. The van der Waals surface area contributed by atoms with Crippen LogP contribution < -0.4 is 4.74 Å². The summed E-state index contributed by atoms with van der Waals surface area (Å²) in [5, 5.41) is 0. The van der Waals surface area contributed by atoms with Gasteiger partial charge in [0.05, 0.1) is 4.90 Å². The molecule has 0 aliphatic rings. The van der Waals surface area contributed by atoms with Crippen LogP contribution in [0.4, 0.5) is 0 Å². The Morgan fingerprint density at radius 3 is 2.35 bits per heavy atom. The molecule has 0 fully saturated rings. The zero-order chi connectivity index (χ0) is 12.1. The number of para-hydroxylation sites is 1. The summed E-state index contributed by atoms with van der Waals surface area (Å²) in [6, 6.07) is 16.2. The van der Waals surface area contributed by atoms with Crippen LogP contribution in [0.15, 0.2) is 59.5 Å². The highest BCUT2D eigenvalue weighted by molar-refractivity contribution is 7.79. The van der Waals surface area contributed by atoms with Crippen LogP contribution in [0, 0.1) is 0 Å². The molecule has 0 spiro atoms. The summed E-state index contributed by atoms with van der Waals surface area (Å²) in [4.78, 5) is 0.184. The molecular formula is C13H11O3S-. The molecule has 0 radical (unpaired) electrons. The van der Waals surface area contributed by atoms with E-state index < -0.39 is 11.1 Å². The van der Waals surface area contributed by atoms with Crippen molar-refractivity contribution < 1.29 is 13.5 Å². The second kappa shape index (κ2) is 5.61. The van der Waals surface area contributed by atoms with Crippen LogP contribution in [-0.2, 0) is 17.7 Å². The molecule has 2 rings (SSSR count). The predicted molar refractivity (Wildman–Crippen MR) is 64.4 cm³/mol. The Hall–Kier alpha value is -1.65. The van der Waals surface area contributed by atoms with E-state index in [0.29, 0.717) is 12.4 Å². The maximum Gasteiger partial charge on any atom is 0.134 e. The number of rotatable bonds is 4. The van der Waals surface area contributed by atoms with Gasteiger partial charge in [0.2, 0.25) is 0 Å². The van der Waals surface area contributed by atoms with E-state index in [0.717, 1.165) is 5.56 Å². The van der Waals surface area contributed by atoms with Gasteiger partial charge < -0.3 is 9.29 Å². The summed E-state index contributed by atoms with van der Waals surface area (Å²) in [7, 11) is 0. The Bertz CT molecular complexity index is 511. The molecule has 0 N–H and O–H groups in total. The lowest BCUT2D eigenvalue weighted by Crippen LogP contribution is -1.99. The fraction of sp³-hybridized carbons (Fsp3) is 0.0769. The van der Waals surface area contributed by atoms with Gasteiger partial charge in [-0.1, -0.05) is 42.5 Å². The Kier molecular flexibility index (Phi) is 3.90. The maximum absolute atomic E-state index is 11.0. The molecule has 0 aliphatic carbocycles. The van der Waals surface area contributed by atoms with Crippen LogP contribution in [0.3, 0.4) is 0 Å². The van der Waals surface area contributed by atoms with E-state index in [4.69, 9.17) is 4.74 Å². The summed E-state index contributed by atoms with van der Waals surface area (Å²) in [5.74, 6) is 0.379. The number of benzene rings is 2. The summed E-state index contributed by atoms with van der Waals surface area (Å²) < 4.78 is 27.4. The molecule has 2 aromatic carbocycles. The molecule has 0 amide bonds. The average Bonchev–Trinajstić information content (AvgIpc) is 2.38. The molecule has 0 heterocycles. The van der Waals surface area contributed by atoms with Crippen LogP contribution in [0.2, 0.25) is 0 Å². The van der Waals surface area contributed by atoms with Crippen molar-refractivity contribution in [2.24, 2.45) is 0 Å².